The molecule has 1 fully saturated rings. The number of nitrogens with zero attached hydrogens (tertiary/aromatic N) is 2. The maximum absolute atomic E-state index is 6.04. The minimum atomic E-state index is 0.586. The van der Waals surface area contributed by atoms with Crippen molar-refractivity contribution in [2.24, 2.45) is 5.92 Å². The molecule has 2 aromatic carbocycles. The second kappa shape index (κ2) is 7.97. The minimum Gasteiger partial charge on any atom is -0.492 e. The third kappa shape index (κ3) is 3.32. The third-order valence-corrected chi connectivity index (χ3v) is 7.22. The first-order valence-electron chi connectivity index (χ1n) is 11.8. The van der Waals surface area contributed by atoms with Gasteiger partial charge in [0.1, 0.15) is 11.6 Å². The summed E-state index contributed by atoms with van der Waals surface area (Å²) in [7, 11) is 0. The summed E-state index contributed by atoms with van der Waals surface area (Å²) < 4.78 is 6.04. The Morgan fingerprint density at radius 3 is 2.72 bits per heavy atom. The van der Waals surface area contributed by atoms with E-state index in [0.717, 1.165) is 52.1 Å². The average molecular weight is 425 g/mol. The molecule has 0 bridgehead atoms. The maximum atomic E-state index is 6.04. The molecule has 0 spiro atoms. The summed E-state index contributed by atoms with van der Waals surface area (Å²) >= 11 is 0. The molecule has 5 nitrogen and oxygen atoms in total. The molecule has 0 amide bonds. The lowest BCUT2D eigenvalue weighted by molar-refractivity contribution is 0.325. The zero-order valence-electron chi connectivity index (χ0n) is 18.4. The van der Waals surface area contributed by atoms with Gasteiger partial charge in [-0.25, -0.2) is 9.97 Å². The number of hydrogen-bond donors (Lipinski definition) is 2. The molecule has 2 aliphatic rings. The van der Waals surface area contributed by atoms with Crippen LogP contribution in [0, 0.1) is 5.92 Å². The molecule has 0 radical (unpaired) electrons. The van der Waals surface area contributed by atoms with Crippen molar-refractivity contribution in [2.75, 3.05) is 6.61 Å². The number of H-pyrrole nitrogens is 2. The summed E-state index contributed by atoms with van der Waals surface area (Å²) in [6.45, 7) is 2.96. The van der Waals surface area contributed by atoms with Gasteiger partial charge in [0, 0.05) is 23.6 Å². The van der Waals surface area contributed by atoms with E-state index in [1.54, 1.807) is 6.33 Å². The van der Waals surface area contributed by atoms with Gasteiger partial charge < -0.3 is 14.7 Å². The van der Waals surface area contributed by atoms with Crippen LogP contribution in [0.25, 0.3) is 33.6 Å². The Morgan fingerprint density at radius 1 is 1.00 bits per heavy atom. The second-order valence-electron chi connectivity index (χ2n) is 9.00. The van der Waals surface area contributed by atoms with E-state index in [0.29, 0.717) is 12.5 Å². The standard InChI is InChI=1S/C27H28N4O/c1-2-17-4-3-5-21(17)27-28-15-24(31-27)19-8-6-18(7-9-19)20-10-11-22-25(14-20)32-13-12-23-26(22)30-16-29-23/h6-11,14-17,21H,2-5,12-13H2,1H3,(H,28,31)(H,29,30). The first kappa shape index (κ1) is 19.4. The predicted octanol–water partition coefficient (Wildman–Crippen LogP) is 6.36. The van der Waals surface area contributed by atoms with Crippen LogP contribution in [0.3, 0.4) is 0 Å². The van der Waals surface area contributed by atoms with Gasteiger partial charge in [-0.2, -0.15) is 0 Å². The molecule has 3 heterocycles. The molecule has 1 aliphatic heterocycles. The van der Waals surface area contributed by atoms with Gasteiger partial charge >= 0.3 is 0 Å². The molecule has 4 aromatic rings. The predicted molar refractivity (Wildman–Crippen MR) is 127 cm³/mol. The Labute approximate surface area is 188 Å². The van der Waals surface area contributed by atoms with Crippen molar-refractivity contribution >= 4 is 0 Å². The van der Waals surface area contributed by atoms with Crippen LogP contribution in [-0.4, -0.2) is 26.5 Å². The number of hydrogen-bond acceptors (Lipinski definition) is 3. The molecule has 2 N–H and O–H groups in total. The van der Waals surface area contributed by atoms with Crippen molar-refractivity contribution in [1.29, 1.82) is 0 Å². The van der Waals surface area contributed by atoms with Gasteiger partial charge in [-0.15, -0.1) is 0 Å². The Bertz CT molecular complexity index is 1240. The van der Waals surface area contributed by atoms with Crippen LogP contribution in [0.5, 0.6) is 5.75 Å². The highest BCUT2D eigenvalue weighted by atomic mass is 16.5. The monoisotopic (exact) mass is 424 g/mol. The SMILES string of the molecule is CCC1CCCC1c1ncc(-c2ccc(-c3ccc4c(c3)OCCc3[nH]cnc3-4)cc2)[nH]1. The summed E-state index contributed by atoms with van der Waals surface area (Å²) in [6.07, 6.45) is 9.75. The number of imidazole rings is 2. The number of benzene rings is 2. The van der Waals surface area contributed by atoms with Gasteiger partial charge in [0.2, 0.25) is 0 Å². The highest BCUT2D eigenvalue weighted by Crippen LogP contribution is 2.41. The molecular formula is C27H28N4O. The van der Waals surface area contributed by atoms with Crippen LogP contribution in [0.4, 0.5) is 0 Å². The van der Waals surface area contributed by atoms with Crippen molar-refractivity contribution in [3.05, 3.63) is 66.5 Å². The van der Waals surface area contributed by atoms with E-state index in [1.165, 1.54) is 36.8 Å². The second-order valence-corrected chi connectivity index (χ2v) is 9.00. The molecule has 6 rings (SSSR count). The lowest BCUT2D eigenvalue weighted by Crippen LogP contribution is -2.06. The topological polar surface area (TPSA) is 66.6 Å². The molecule has 2 aromatic heterocycles. The van der Waals surface area contributed by atoms with Crippen LogP contribution in [0.2, 0.25) is 0 Å². The van der Waals surface area contributed by atoms with Crippen LogP contribution in [0.15, 0.2) is 55.0 Å². The van der Waals surface area contributed by atoms with Crippen LogP contribution >= 0.6 is 0 Å². The fraction of sp³-hybridized carbons (Fsp3) is 0.333. The van der Waals surface area contributed by atoms with Gasteiger partial charge in [0.15, 0.2) is 0 Å². The normalized spacial score (nSPS) is 19.8. The molecule has 2 atom stereocenters. The number of rotatable bonds is 4. The average Bonchev–Trinajstić information content (AvgIpc) is 3.58. The largest absolute Gasteiger partial charge is 0.492 e. The fourth-order valence-corrected chi connectivity index (χ4v) is 5.42. The van der Waals surface area contributed by atoms with E-state index in [-0.39, 0.29) is 0 Å². The number of fused-ring (bicyclic) bond motifs is 3. The van der Waals surface area contributed by atoms with Gasteiger partial charge in [-0.05, 0) is 47.6 Å². The van der Waals surface area contributed by atoms with Crippen LogP contribution in [0.1, 0.15) is 50.0 Å². The van der Waals surface area contributed by atoms with Crippen LogP contribution in [-0.2, 0) is 6.42 Å². The number of nitrogens with one attached hydrogen (secondary N) is 2. The van der Waals surface area contributed by atoms with E-state index in [4.69, 9.17) is 9.72 Å². The quantitative estimate of drug-likeness (QED) is 0.400. The summed E-state index contributed by atoms with van der Waals surface area (Å²) in [5.74, 6) is 3.42. The van der Waals surface area contributed by atoms with Crippen molar-refractivity contribution < 1.29 is 4.74 Å². The molecule has 1 saturated carbocycles. The number of ether oxygens (including phenoxy) is 1. The lowest BCUT2D eigenvalue weighted by Gasteiger charge is -2.15. The van der Waals surface area contributed by atoms with Crippen molar-refractivity contribution in [3.8, 4) is 39.4 Å². The van der Waals surface area contributed by atoms with E-state index >= 15 is 0 Å². The van der Waals surface area contributed by atoms with E-state index in [1.807, 2.05) is 6.20 Å². The first-order chi connectivity index (χ1) is 15.8. The molecule has 5 heteroatoms. The molecule has 1 aliphatic carbocycles. The Morgan fingerprint density at radius 2 is 1.84 bits per heavy atom. The lowest BCUT2D eigenvalue weighted by atomic mass is 9.93. The minimum absolute atomic E-state index is 0.586. The fourth-order valence-electron chi connectivity index (χ4n) is 5.42. The van der Waals surface area contributed by atoms with Gasteiger partial charge in [-0.3, -0.25) is 0 Å². The molecular weight excluding hydrogens is 396 g/mol. The van der Waals surface area contributed by atoms with E-state index < -0.39 is 0 Å². The first-order valence-corrected chi connectivity index (χ1v) is 11.8. The summed E-state index contributed by atoms with van der Waals surface area (Å²) in [4.78, 5) is 16.1. The Kier molecular flexibility index (Phi) is 4.82. The summed E-state index contributed by atoms with van der Waals surface area (Å²) in [5, 5.41) is 0. The van der Waals surface area contributed by atoms with Gasteiger partial charge in [0.05, 0.1) is 30.5 Å². The third-order valence-electron chi connectivity index (χ3n) is 7.22. The van der Waals surface area contributed by atoms with E-state index in [9.17, 15) is 0 Å². The molecule has 0 saturated heterocycles. The Hall–Kier alpha value is -3.34. The molecule has 32 heavy (non-hydrogen) atoms. The number of aromatic nitrogens is 4. The smallest absolute Gasteiger partial charge is 0.129 e. The zero-order chi connectivity index (χ0) is 21.5. The summed E-state index contributed by atoms with van der Waals surface area (Å²) in [6, 6.07) is 15.1. The Balaban J connectivity index is 1.26. The maximum Gasteiger partial charge on any atom is 0.129 e. The van der Waals surface area contributed by atoms with Crippen molar-refractivity contribution in [2.45, 2.75) is 44.9 Å². The highest BCUT2D eigenvalue weighted by Gasteiger charge is 2.29. The van der Waals surface area contributed by atoms with Crippen molar-refractivity contribution in [1.82, 2.24) is 19.9 Å². The zero-order valence-corrected chi connectivity index (χ0v) is 18.4. The highest BCUT2D eigenvalue weighted by molar-refractivity contribution is 5.77. The van der Waals surface area contributed by atoms with Crippen molar-refractivity contribution in [3.63, 3.8) is 0 Å². The van der Waals surface area contributed by atoms with Crippen LogP contribution < -0.4 is 4.74 Å². The van der Waals surface area contributed by atoms with Gasteiger partial charge in [0.25, 0.3) is 0 Å². The molecule has 2 unspecified atom stereocenters. The summed E-state index contributed by atoms with van der Waals surface area (Å²) in [5.41, 5.74) is 7.80. The van der Waals surface area contributed by atoms with Gasteiger partial charge in [-0.1, -0.05) is 50.1 Å². The molecule has 162 valence electrons. The number of aromatic amines is 2. The van der Waals surface area contributed by atoms with E-state index in [2.05, 4.69) is 64.3 Å².